The smallest absolute Gasteiger partial charge is 0.111 e. The Morgan fingerprint density at radius 1 is 1.45 bits per heavy atom. The van der Waals surface area contributed by atoms with Gasteiger partial charge in [-0.1, -0.05) is 15.9 Å². The molecule has 1 atom stereocenters. The van der Waals surface area contributed by atoms with Crippen LogP contribution in [-0.2, 0) is 13.0 Å². The number of fused-ring (bicyclic) bond motifs is 1. The van der Waals surface area contributed by atoms with Crippen LogP contribution in [-0.4, -0.2) is 40.5 Å². The van der Waals surface area contributed by atoms with Gasteiger partial charge in [-0.3, -0.25) is 0 Å². The highest BCUT2D eigenvalue weighted by Crippen LogP contribution is 2.25. The van der Waals surface area contributed by atoms with Crippen molar-refractivity contribution in [1.82, 2.24) is 14.5 Å². The van der Waals surface area contributed by atoms with Crippen LogP contribution in [0.3, 0.4) is 0 Å². The summed E-state index contributed by atoms with van der Waals surface area (Å²) >= 11 is 9.46. The predicted molar refractivity (Wildman–Crippen MR) is 87.5 cm³/mol. The summed E-state index contributed by atoms with van der Waals surface area (Å²) in [5.74, 6) is 2.45. The SMILES string of the molecule is CN1CCC(Cn2c(CCCl)nc3cc(Br)ccc32)C1. The fourth-order valence-corrected chi connectivity index (χ4v) is 3.58. The van der Waals surface area contributed by atoms with Crippen LogP contribution in [0.5, 0.6) is 0 Å². The molecule has 20 heavy (non-hydrogen) atoms. The minimum atomic E-state index is 0.620. The molecule has 5 heteroatoms. The number of benzene rings is 1. The van der Waals surface area contributed by atoms with Gasteiger partial charge in [0.05, 0.1) is 11.0 Å². The molecule has 0 saturated carbocycles. The molecule has 2 aromatic rings. The molecule has 0 N–H and O–H groups in total. The summed E-state index contributed by atoms with van der Waals surface area (Å²) in [6, 6.07) is 6.33. The Labute approximate surface area is 133 Å². The Morgan fingerprint density at radius 2 is 2.30 bits per heavy atom. The van der Waals surface area contributed by atoms with E-state index in [1.165, 1.54) is 25.0 Å². The van der Waals surface area contributed by atoms with Crippen LogP contribution in [0.1, 0.15) is 12.2 Å². The number of imidazole rings is 1. The number of nitrogens with zero attached hydrogens (tertiary/aromatic N) is 3. The largest absolute Gasteiger partial charge is 0.328 e. The quantitative estimate of drug-likeness (QED) is 0.781. The zero-order valence-corrected chi connectivity index (χ0v) is 14.0. The topological polar surface area (TPSA) is 21.1 Å². The number of aryl methyl sites for hydroxylation is 1. The zero-order valence-electron chi connectivity index (χ0n) is 11.6. The van der Waals surface area contributed by atoms with Crippen LogP contribution in [0, 0.1) is 5.92 Å². The highest BCUT2D eigenvalue weighted by atomic mass is 79.9. The monoisotopic (exact) mass is 355 g/mol. The van der Waals surface area contributed by atoms with Gasteiger partial charge >= 0.3 is 0 Å². The minimum absolute atomic E-state index is 0.620. The second kappa shape index (κ2) is 6.04. The summed E-state index contributed by atoms with van der Waals surface area (Å²) < 4.78 is 3.45. The molecule has 0 bridgehead atoms. The molecule has 3 nitrogen and oxygen atoms in total. The molecule has 108 valence electrons. The van der Waals surface area contributed by atoms with Crippen LogP contribution in [0.2, 0.25) is 0 Å². The van der Waals surface area contributed by atoms with Gasteiger partial charge in [-0.25, -0.2) is 4.98 Å². The van der Waals surface area contributed by atoms with Gasteiger partial charge in [0, 0.05) is 29.9 Å². The number of hydrogen-bond donors (Lipinski definition) is 0. The molecular weight excluding hydrogens is 338 g/mol. The Balaban J connectivity index is 1.95. The lowest BCUT2D eigenvalue weighted by atomic mass is 10.1. The van der Waals surface area contributed by atoms with E-state index in [4.69, 9.17) is 16.6 Å². The maximum Gasteiger partial charge on any atom is 0.111 e. The first-order valence-electron chi connectivity index (χ1n) is 7.06. The van der Waals surface area contributed by atoms with Crippen molar-refractivity contribution in [2.24, 2.45) is 5.92 Å². The van der Waals surface area contributed by atoms with Crippen molar-refractivity contribution in [3.63, 3.8) is 0 Å². The van der Waals surface area contributed by atoms with Gasteiger partial charge in [0.1, 0.15) is 5.82 Å². The van der Waals surface area contributed by atoms with Gasteiger partial charge in [0.25, 0.3) is 0 Å². The third-order valence-corrected chi connectivity index (χ3v) is 4.72. The summed E-state index contributed by atoms with van der Waals surface area (Å²) in [5.41, 5.74) is 2.29. The maximum absolute atomic E-state index is 5.94. The standard InChI is InChI=1S/C15H19BrClN3/c1-19-7-5-11(9-19)10-20-14-3-2-12(16)8-13(14)18-15(20)4-6-17/h2-3,8,11H,4-7,9-10H2,1H3. The van der Waals surface area contributed by atoms with Gasteiger partial charge in [-0.2, -0.15) is 0 Å². The average Bonchev–Trinajstić information content (AvgIpc) is 2.95. The lowest BCUT2D eigenvalue weighted by molar-refractivity contribution is 0.378. The molecule has 1 unspecified atom stereocenters. The first-order chi connectivity index (χ1) is 9.67. The molecule has 1 aliphatic rings. The van der Waals surface area contributed by atoms with Gasteiger partial charge in [0.15, 0.2) is 0 Å². The molecule has 2 heterocycles. The fourth-order valence-electron chi connectivity index (χ4n) is 3.07. The summed E-state index contributed by atoms with van der Waals surface area (Å²) in [7, 11) is 2.20. The molecule has 0 spiro atoms. The van der Waals surface area contributed by atoms with Crippen molar-refractivity contribution >= 4 is 38.6 Å². The maximum atomic E-state index is 5.94. The Hall–Kier alpha value is -0.580. The second-order valence-electron chi connectivity index (χ2n) is 5.63. The number of likely N-dealkylation sites (tertiary alicyclic amines) is 1. The molecule has 1 aliphatic heterocycles. The van der Waals surface area contributed by atoms with Crippen molar-refractivity contribution in [1.29, 1.82) is 0 Å². The van der Waals surface area contributed by atoms with Crippen LogP contribution >= 0.6 is 27.5 Å². The van der Waals surface area contributed by atoms with E-state index in [-0.39, 0.29) is 0 Å². The van der Waals surface area contributed by atoms with Crippen molar-refractivity contribution in [2.75, 3.05) is 26.0 Å². The third kappa shape index (κ3) is 2.87. The van der Waals surface area contributed by atoms with Gasteiger partial charge in [-0.15, -0.1) is 11.6 Å². The first kappa shape index (κ1) is 14.4. The van der Waals surface area contributed by atoms with Crippen LogP contribution in [0.4, 0.5) is 0 Å². The lowest BCUT2D eigenvalue weighted by Crippen LogP contribution is -2.18. The molecule has 1 aromatic carbocycles. The predicted octanol–water partition coefficient (Wildman–Crippen LogP) is 3.53. The third-order valence-electron chi connectivity index (χ3n) is 4.04. The van der Waals surface area contributed by atoms with E-state index < -0.39 is 0 Å². The van der Waals surface area contributed by atoms with Crippen LogP contribution in [0.25, 0.3) is 11.0 Å². The summed E-state index contributed by atoms with van der Waals surface area (Å²) in [6.45, 7) is 3.43. The van der Waals surface area contributed by atoms with E-state index in [1.54, 1.807) is 0 Å². The summed E-state index contributed by atoms with van der Waals surface area (Å²) in [5, 5.41) is 0. The lowest BCUT2D eigenvalue weighted by Gasteiger charge is -2.14. The summed E-state index contributed by atoms with van der Waals surface area (Å²) in [4.78, 5) is 7.16. The molecule has 1 fully saturated rings. The summed E-state index contributed by atoms with van der Waals surface area (Å²) in [6.07, 6.45) is 2.10. The van der Waals surface area contributed by atoms with Gasteiger partial charge in [-0.05, 0) is 44.1 Å². The van der Waals surface area contributed by atoms with Crippen molar-refractivity contribution in [3.8, 4) is 0 Å². The van der Waals surface area contributed by atoms with Crippen LogP contribution in [0.15, 0.2) is 22.7 Å². The highest BCUT2D eigenvalue weighted by Gasteiger charge is 2.22. The van der Waals surface area contributed by atoms with E-state index >= 15 is 0 Å². The van der Waals surface area contributed by atoms with E-state index in [0.717, 1.165) is 34.7 Å². The molecule has 1 saturated heterocycles. The molecule has 0 aliphatic carbocycles. The first-order valence-corrected chi connectivity index (χ1v) is 8.39. The fraction of sp³-hybridized carbons (Fsp3) is 0.533. The van der Waals surface area contributed by atoms with Crippen molar-refractivity contribution in [2.45, 2.75) is 19.4 Å². The average molecular weight is 357 g/mol. The molecule has 0 amide bonds. The van der Waals surface area contributed by atoms with Crippen LogP contribution < -0.4 is 0 Å². The van der Waals surface area contributed by atoms with Gasteiger partial charge < -0.3 is 9.47 Å². The van der Waals surface area contributed by atoms with Crippen molar-refractivity contribution in [3.05, 3.63) is 28.5 Å². The zero-order chi connectivity index (χ0) is 14.1. The number of hydrogen-bond acceptors (Lipinski definition) is 2. The molecule has 0 radical (unpaired) electrons. The normalized spacial score (nSPS) is 20.1. The second-order valence-corrected chi connectivity index (χ2v) is 6.92. The number of halogens is 2. The minimum Gasteiger partial charge on any atom is -0.328 e. The Bertz CT molecular complexity index is 610. The number of alkyl halides is 1. The van der Waals surface area contributed by atoms with Crippen molar-refractivity contribution < 1.29 is 0 Å². The number of rotatable bonds is 4. The molecule has 3 rings (SSSR count). The van der Waals surface area contributed by atoms with E-state index in [0.29, 0.717) is 5.88 Å². The number of aromatic nitrogens is 2. The van der Waals surface area contributed by atoms with Gasteiger partial charge in [0.2, 0.25) is 0 Å². The van der Waals surface area contributed by atoms with E-state index in [1.807, 2.05) is 0 Å². The molecule has 1 aromatic heterocycles. The Morgan fingerprint density at radius 3 is 3.00 bits per heavy atom. The molecular formula is C15H19BrClN3. The Kier molecular flexibility index (Phi) is 4.34. The highest BCUT2D eigenvalue weighted by molar-refractivity contribution is 9.10. The van der Waals surface area contributed by atoms with E-state index in [9.17, 15) is 0 Å². The van der Waals surface area contributed by atoms with E-state index in [2.05, 4.69) is 50.6 Å².